The number of amides is 1. The summed E-state index contributed by atoms with van der Waals surface area (Å²) in [4.78, 5) is 13.6. The first-order chi connectivity index (χ1) is 11.4. The van der Waals surface area contributed by atoms with Crippen molar-refractivity contribution in [2.45, 2.75) is 64.8 Å². The monoisotopic (exact) mass is 350 g/mol. The lowest BCUT2D eigenvalue weighted by atomic mass is 9.68. The third-order valence-corrected chi connectivity index (χ3v) is 5.87. The van der Waals surface area contributed by atoms with Crippen LogP contribution >= 0.6 is 11.6 Å². The second-order valence-corrected chi connectivity index (χ2v) is 7.82. The molecule has 1 N–H and O–H groups in total. The maximum Gasteiger partial charge on any atom is 0.254 e. The molecule has 0 radical (unpaired) electrons. The Morgan fingerprint density at radius 1 is 1.29 bits per heavy atom. The van der Waals surface area contributed by atoms with Gasteiger partial charge in [-0.1, -0.05) is 38.3 Å². The Morgan fingerprint density at radius 3 is 2.46 bits per heavy atom. The van der Waals surface area contributed by atoms with E-state index in [4.69, 9.17) is 11.6 Å². The van der Waals surface area contributed by atoms with E-state index in [1.165, 1.54) is 44.9 Å². The number of benzene rings is 1. The number of rotatable bonds is 6. The van der Waals surface area contributed by atoms with Gasteiger partial charge in [0, 0.05) is 25.8 Å². The summed E-state index contributed by atoms with van der Waals surface area (Å²) in [6.45, 7) is 4.63. The van der Waals surface area contributed by atoms with Gasteiger partial charge in [0.05, 0.1) is 10.6 Å². The fraction of sp³-hybridized carbons (Fsp3) is 0.650. The van der Waals surface area contributed by atoms with Crippen LogP contribution < -0.4 is 5.32 Å². The van der Waals surface area contributed by atoms with Gasteiger partial charge < -0.3 is 10.2 Å². The van der Waals surface area contributed by atoms with Crippen LogP contribution in [0, 0.1) is 5.41 Å². The van der Waals surface area contributed by atoms with Crippen molar-refractivity contribution in [3.63, 3.8) is 0 Å². The van der Waals surface area contributed by atoms with Crippen LogP contribution in [0.15, 0.2) is 18.2 Å². The summed E-state index contributed by atoms with van der Waals surface area (Å²) >= 11 is 6.31. The molecule has 0 aromatic heterocycles. The molecule has 1 saturated carbocycles. The van der Waals surface area contributed by atoms with Gasteiger partial charge in [0.15, 0.2) is 0 Å². The van der Waals surface area contributed by atoms with Crippen molar-refractivity contribution in [2.24, 2.45) is 5.41 Å². The van der Waals surface area contributed by atoms with E-state index in [1.54, 1.807) is 19.0 Å². The van der Waals surface area contributed by atoms with Crippen molar-refractivity contribution in [3.8, 4) is 0 Å². The van der Waals surface area contributed by atoms with Gasteiger partial charge in [-0.15, -0.1) is 0 Å². The molecule has 4 heteroatoms. The smallest absolute Gasteiger partial charge is 0.254 e. The van der Waals surface area contributed by atoms with E-state index in [0.29, 0.717) is 22.0 Å². The lowest BCUT2D eigenvalue weighted by Gasteiger charge is -2.40. The van der Waals surface area contributed by atoms with Crippen LogP contribution in [0.1, 0.15) is 69.2 Å². The highest BCUT2D eigenvalue weighted by Gasteiger charge is 2.32. The number of hydrogen-bond acceptors (Lipinski definition) is 2. The zero-order valence-electron chi connectivity index (χ0n) is 15.5. The first-order valence-electron chi connectivity index (χ1n) is 9.18. The predicted octanol–water partition coefficient (Wildman–Crippen LogP) is 5.59. The van der Waals surface area contributed by atoms with Gasteiger partial charge in [-0.25, -0.2) is 0 Å². The van der Waals surface area contributed by atoms with E-state index in [1.807, 2.05) is 18.2 Å². The molecule has 1 aromatic rings. The van der Waals surface area contributed by atoms with Crippen LogP contribution in [0.2, 0.25) is 5.02 Å². The summed E-state index contributed by atoms with van der Waals surface area (Å²) in [5.74, 6) is -0.0588. The van der Waals surface area contributed by atoms with Gasteiger partial charge in [-0.3, -0.25) is 4.79 Å². The zero-order valence-corrected chi connectivity index (χ0v) is 16.2. The largest absolute Gasteiger partial charge is 0.382 e. The second kappa shape index (κ2) is 8.24. The normalized spacial score (nSPS) is 23.8. The number of nitrogens with zero attached hydrogens (tertiary/aromatic N) is 1. The Morgan fingerprint density at radius 2 is 1.96 bits per heavy atom. The first-order valence-corrected chi connectivity index (χ1v) is 9.56. The van der Waals surface area contributed by atoms with Crippen LogP contribution in [0.5, 0.6) is 0 Å². The minimum atomic E-state index is -0.0588. The first kappa shape index (κ1) is 19.1. The molecule has 24 heavy (non-hydrogen) atoms. The molecule has 1 aliphatic carbocycles. The molecule has 1 amide bonds. The summed E-state index contributed by atoms with van der Waals surface area (Å²) in [5.41, 5.74) is 2.13. The van der Waals surface area contributed by atoms with Crippen molar-refractivity contribution in [3.05, 3.63) is 28.8 Å². The molecule has 134 valence electrons. The Hall–Kier alpha value is -1.22. The van der Waals surface area contributed by atoms with Crippen molar-refractivity contribution >= 4 is 23.2 Å². The summed E-state index contributed by atoms with van der Waals surface area (Å²) in [7, 11) is 3.48. The average molecular weight is 351 g/mol. The molecule has 0 bridgehead atoms. The fourth-order valence-electron chi connectivity index (χ4n) is 3.94. The highest BCUT2D eigenvalue weighted by Crippen LogP contribution is 2.43. The summed E-state index contributed by atoms with van der Waals surface area (Å²) in [6, 6.07) is 6.18. The number of halogens is 1. The molecule has 1 aliphatic rings. The van der Waals surface area contributed by atoms with Gasteiger partial charge in [-0.05, 0) is 55.7 Å². The van der Waals surface area contributed by atoms with Gasteiger partial charge in [0.1, 0.15) is 0 Å². The van der Waals surface area contributed by atoms with Gasteiger partial charge in [-0.2, -0.15) is 0 Å². The van der Waals surface area contributed by atoms with Crippen LogP contribution in [-0.4, -0.2) is 30.9 Å². The van der Waals surface area contributed by atoms with Crippen LogP contribution in [0.25, 0.3) is 0 Å². The lowest BCUT2D eigenvalue weighted by Crippen LogP contribution is -2.33. The summed E-state index contributed by atoms with van der Waals surface area (Å²) in [6.07, 6.45) is 8.96. The van der Waals surface area contributed by atoms with E-state index < -0.39 is 0 Å². The Kier molecular flexibility index (Phi) is 6.56. The molecule has 1 aromatic carbocycles. The van der Waals surface area contributed by atoms with E-state index in [9.17, 15) is 4.79 Å². The topological polar surface area (TPSA) is 32.3 Å². The third-order valence-electron chi connectivity index (χ3n) is 5.55. The standard InChI is InChI=1S/C20H31ClN2O/c1-5-11-20(6-2)12-9-15(10-13-20)22-16-7-8-17(18(21)14-16)19(24)23(3)4/h7-8,14-15,22H,5-6,9-13H2,1-4H3. The molecule has 0 atom stereocenters. The quantitative estimate of drug-likeness (QED) is 0.724. The van der Waals surface area contributed by atoms with Crippen molar-refractivity contribution in [2.75, 3.05) is 19.4 Å². The SMILES string of the molecule is CCCC1(CC)CCC(Nc2ccc(C(=O)N(C)C)c(Cl)c2)CC1. The van der Waals surface area contributed by atoms with Gasteiger partial charge in [0.25, 0.3) is 5.91 Å². The van der Waals surface area contributed by atoms with Crippen LogP contribution in [-0.2, 0) is 0 Å². The van der Waals surface area contributed by atoms with Crippen molar-refractivity contribution in [1.29, 1.82) is 0 Å². The molecule has 0 aliphatic heterocycles. The molecule has 0 spiro atoms. The highest BCUT2D eigenvalue weighted by molar-refractivity contribution is 6.34. The molecule has 0 saturated heterocycles. The maximum atomic E-state index is 12.1. The number of carbonyl (C=O) groups excluding carboxylic acids is 1. The predicted molar refractivity (Wildman–Crippen MR) is 103 cm³/mol. The van der Waals surface area contributed by atoms with Gasteiger partial charge >= 0.3 is 0 Å². The lowest BCUT2D eigenvalue weighted by molar-refractivity contribution is 0.0828. The highest BCUT2D eigenvalue weighted by atomic mass is 35.5. The van der Waals surface area contributed by atoms with Gasteiger partial charge in [0.2, 0.25) is 0 Å². The zero-order chi connectivity index (χ0) is 17.7. The molecular weight excluding hydrogens is 320 g/mol. The molecule has 0 unspecified atom stereocenters. The number of carbonyl (C=O) groups is 1. The van der Waals surface area contributed by atoms with Crippen molar-refractivity contribution < 1.29 is 4.79 Å². The van der Waals surface area contributed by atoms with E-state index in [2.05, 4.69) is 19.2 Å². The van der Waals surface area contributed by atoms with E-state index >= 15 is 0 Å². The molecule has 1 fully saturated rings. The number of nitrogens with one attached hydrogen (secondary N) is 1. The Bertz CT molecular complexity index is 563. The molecule has 0 heterocycles. The summed E-state index contributed by atoms with van der Waals surface area (Å²) in [5, 5.41) is 4.13. The second-order valence-electron chi connectivity index (χ2n) is 7.42. The van der Waals surface area contributed by atoms with Crippen LogP contribution in [0.3, 0.4) is 0 Å². The summed E-state index contributed by atoms with van der Waals surface area (Å²) < 4.78 is 0. The number of hydrogen-bond donors (Lipinski definition) is 1. The van der Waals surface area contributed by atoms with E-state index in [-0.39, 0.29) is 5.91 Å². The Labute approximate surface area is 151 Å². The minimum absolute atomic E-state index is 0.0588. The number of anilines is 1. The molecular formula is C20H31ClN2O. The Balaban J connectivity index is 1.98. The third kappa shape index (κ3) is 4.44. The average Bonchev–Trinajstić information content (AvgIpc) is 2.56. The minimum Gasteiger partial charge on any atom is -0.382 e. The molecule has 2 rings (SSSR count). The van der Waals surface area contributed by atoms with Crippen molar-refractivity contribution in [1.82, 2.24) is 4.90 Å². The van der Waals surface area contributed by atoms with E-state index in [0.717, 1.165) is 5.69 Å². The fourth-order valence-corrected chi connectivity index (χ4v) is 4.20. The maximum absolute atomic E-state index is 12.1. The van der Waals surface area contributed by atoms with Crippen LogP contribution in [0.4, 0.5) is 5.69 Å². The molecule has 3 nitrogen and oxygen atoms in total.